The highest BCUT2D eigenvalue weighted by molar-refractivity contribution is 7.88. The van der Waals surface area contributed by atoms with Gasteiger partial charge in [-0.05, 0) is 24.6 Å². The van der Waals surface area contributed by atoms with Crippen LogP contribution in [0.15, 0.2) is 24.3 Å². The van der Waals surface area contributed by atoms with Crippen molar-refractivity contribution >= 4 is 15.9 Å². The zero-order valence-corrected chi connectivity index (χ0v) is 13.5. The summed E-state index contributed by atoms with van der Waals surface area (Å²) >= 11 is 0. The van der Waals surface area contributed by atoms with Gasteiger partial charge in [0.25, 0.3) is 0 Å². The zero-order valence-electron chi connectivity index (χ0n) is 12.7. The number of ether oxygens (including phenoxy) is 1. The summed E-state index contributed by atoms with van der Waals surface area (Å²) < 4.78 is 63.2. The summed E-state index contributed by atoms with van der Waals surface area (Å²) in [5.74, 6) is -0.891. The average Bonchev–Trinajstić information content (AvgIpc) is 2.36. The van der Waals surface area contributed by atoms with Crippen LogP contribution < -0.4 is 10.1 Å². The highest BCUT2D eigenvalue weighted by Crippen LogP contribution is 2.24. The quantitative estimate of drug-likeness (QED) is 0.843. The fourth-order valence-corrected chi connectivity index (χ4v) is 2.00. The van der Waals surface area contributed by atoms with Gasteiger partial charge in [-0.1, -0.05) is 12.1 Å². The third-order valence-electron chi connectivity index (χ3n) is 2.92. The zero-order chi connectivity index (χ0) is 17.8. The molecule has 0 saturated heterocycles. The third-order valence-corrected chi connectivity index (χ3v) is 4.19. The largest absolute Gasteiger partial charge is 0.573 e. The lowest BCUT2D eigenvalue weighted by Crippen LogP contribution is -2.38. The molecule has 1 rings (SSSR count). The van der Waals surface area contributed by atoms with Crippen LogP contribution in [0.25, 0.3) is 0 Å². The maximum absolute atomic E-state index is 12.1. The molecule has 0 fully saturated rings. The van der Waals surface area contributed by atoms with E-state index in [9.17, 15) is 26.4 Å². The molecule has 1 N–H and O–H groups in total. The molecule has 1 atom stereocenters. The Morgan fingerprint density at radius 1 is 1.30 bits per heavy atom. The predicted octanol–water partition coefficient (Wildman–Crippen LogP) is 1.65. The van der Waals surface area contributed by atoms with E-state index in [1.54, 1.807) is 6.92 Å². The van der Waals surface area contributed by atoms with Gasteiger partial charge in [-0.3, -0.25) is 4.79 Å². The number of carbonyl (C=O) groups is 1. The second-order valence-electron chi connectivity index (χ2n) is 4.93. The number of carbonyl (C=O) groups excluding carboxylic acids is 1. The van der Waals surface area contributed by atoms with Crippen LogP contribution in [-0.4, -0.2) is 44.8 Å². The molecule has 1 aromatic rings. The van der Waals surface area contributed by atoms with E-state index in [1.165, 1.54) is 19.2 Å². The summed E-state index contributed by atoms with van der Waals surface area (Å²) in [5.41, 5.74) is 0.551. The molecule has 10 heteroatoms. The van der Waals surface area contributed by atoms with E-state index in [2.05, 4.69) is 10.1 Å². The summed E-state index contributed by atoms with van der Waals surface area (Å²) in [6.07, 6.45) is -3.79. The molecule has 0 aromatic heterocycles. The summed E-state index contributed by atoms with van der Waals surface area (Å²) in [6, 6.07) is 4.52. The minimum Gasteiger partial charge on any atom is -0.406 e. The lowest BCUT2D eigenvalue weighted by Gasteiger charge is -2.18. The Labute approximate surface area is 132 Å². The van der Waals surface area contributed by atoms with Crippen molar-refractivity contribution in [1.29, 1.82) is 0 Å². The number of nitrogens with one attached hydrogen (secondary N) is 1. The van der Waals surface area contributed by atoms with Crippen LogP contribution in [0.1, 0.15) is 18.5 Å². The summed E-state index contributed by atoms with van der Waals surface area (Å²) in [7, 11) is -2.21. The first-order valence-electron chi connectivity index (χ1n) is 6.45. The minimum atomic E-state index is -4.77. The number of alkyl halides is 3. The van der Waals surface area contributed by atoms with E-state index in [-0.39, 0.29) is 12.3 Å². The molecule has 1 amide bonds. The van der Waals surface area contributed by atoms with Crippen molar-refractivity contribution in [3.63, 3.8) is 0 Å². The minimum absolute atomic E-state index is 0.349. The fraction of sp³-hybridized carbons (Fsp3) is 0.462. The van der Waals surface area contributed by atoms with Crippen LogP contribution >= 0.6 is 0 Å². The Kier molecular flexibility index (Phi) is 6.00. The highest BCUT2D eigenvalue weighted by Gasteiger charge is 2.31. The number of hydrogen-bond acceptors (Lipinski definition) is 4. The number of rotatable bonds is 6. The van der Waals surface area contributed by atoms with Gasteiger partial charge in [0.15, 0.2) is 0 Å². The summed E-state index contributed by atoms with van der Waals surface area (Å²) in [4.78, 5) is 11.7. The van der Waals surface area contributed by atoms with Crippen LogP contribution in [0.4, 0.5) is 13.2 Å². The van der Waals surface area contributed by atoms with Crippen LogP contribution in [-0.2, 0) is 14.8 Å². The van der Waals surface area contributed by atoms with Crippen molar-refractivity contribution in [3.05, 3.63) is 29.8 Å². The fourth-order valence-electron chi connectivity index (χ4n) is 1.65. The Morgan fingerprint density at radius 3 is 2.26 bits per heavy atom. The van der Waals surface area contributed by atoms with E-state index in [4.69, 9.17) is 0 Å². The lowest BCUT2D eigenvalue weighted by atomic mass is 10.1. The Bertz CT molecular complexity index is 644. The SMILES string of the molecule is CC(NC(=O)CN(C)S(C)(=O)=O)c1ccc(OC(F)(F)F)cc1. The Balaban J connectivity index is 2.64. The van der Waals surface area contributed by atoms with Crippen molar-refractivity contribution in [3.8, 4) is 5.75 Å². The van der Waals surface area contributed by atoms with E-state index >= 15 is 0 Å². The number of nitrogens with zero attached hydrogens (tertiary/aromatic N) is 1. The van der Waals surface area contributed by atoms with Crippen molar-refractivity contribution in [2.45, 2.75) is 19.3 Å². The molecule has 0 aliphatic rings. The molecular weight excluding hydrogens is 337 g/mol. The molecule has 0 bridgehead atoms. The van der Waals surface area contributed by atoms with Gasteiger partial charge in [0.1, 0.15) is 5.75 Å². The van der Waals surface area contributed by atoms with E-state index < -0.39 is 28.3 Å². The molecule has 0 saturated carbocycles. The van der Waals surface area contributed by atoms with Gasteiger partial charge in [-0.25, -0.2) is 8.42 Å². The molecule has 0 heterocycles. The van der Waals surface area contributed by atoms with Crippen LogP contribution in [0.2, 0.25) is 0 Å². The number of amides is 1. The number of sulfonamides is 1. The lowest BCUT2D eigenvalue weighted by molar-refractivity contribution is -0.274. The topological polar surface area (TPSA) is 75.7 Å². The number of likely N-dealkylation sites (N-methyl/N-ethyl adjacent to an activating group) is 1. The number of hydrogen-bond donors (Lipinski definition) is 1. The van der Waals surface area contributed by atoms with Gasteiger partial charge < -0.3 is 10.1 Å². The molecule has 130 valence electrons. The normalized spacial score (nSPS) is 13.7. The van der Waals surface area contributed by atoms with Crippen LogP contribution in [0.3, 0.4) is 0 Å². The predicted molar refractivity (Wildman–Crippen MR) is 77.2 cm³/mol. The van der Waals surface area contributed by atoms with Crippen molar-refractivity contribution in [1.82, 2.24) is 9.62 Å². The average molecular weight is 354 g/mol. The molecule has 23 heavy (non-hydrogen) atoms. The van der Waals surface area contributed by atoms with E-state index in [0.29, 0.717) is 5.56 Å². The first-order valence-corrected chi connectivity index (χ1v) is 8.29. The standard InChI is InChI=1S/C13H17F3N2O4S/c1-9(17-12(19)8-18(2)23(3,20)21)10-4-6-11(7-5-10)22-13(14,15)16/h4-7,9H,8H2,1-3H3,(H,17,19). The van der Waals surface area contributed by atoms with Crippen molar-refractivity contribution < 1.29 is 31.1 Å². The maximum Gasteiger partial charge on any atom is 0.573 e. The van der Waals surface area contributed by atoms with Crippen molar-refractivity contribution in [2.75, 3.05) is 19.8 Å². The second kappa shape index (κ2) is 7.18. The molecule has 1 unspecified atom stereocenters. The molecule has 0 aliphatic carbocycles. The van der Waals surface area contributed by atoms with Gasteiger partial charge in [0.05, 0.1) is 18.8 Å². The molecule has 0 radical (unpaired) electrons. The maximum atomic E-state index is 12.1. The third kappa shape index (κ3) is 6.87. The summed E-state index contributed by atoms with van der Waals surface area (Å²) in [6.45, 7) is 1.27. The Hall–Kier alpha value is -1.81. The monoisotopic (exact) mass is 354 g/mol. The number of halogens is 3. The smallest absolute Gasteiger partial charge is 0.406 e. The van der Waals surface area contributed by atoms with Crippen molar-refractivity contribution in [2.24, 2.45) is 0 Å². The van der Waals surface area contributed by atoms with Gasteiger partial charge >= 0.3 is 6.36 Å². The van der Waals surface area contributed by atoms with Gasteiger partial charge in [0, 0.05) is 7.05 Å². The van der Waals surface area contributed by atoms with Crippen LogP contribution in [0.5, 0.6) is 5.75 Å². The van der Waals surface area contributed by atoms with Gasteiger partial charge in [-0.2, -0.15) is 4.31 Å². The van der Waals surface area contributed by atoms with E-state index in [0.717, 1.165) is 22.7 Å². The molecule has 6 nitrogen and oxygen atoms in total. The molecule has 1 aromatic carbocycles. The van der Waals surface area contributed by atoms with Crippen LogP contribution in [0, 0.1) is 0 Å². The van der Waals surface area contributed by atoms with Gasteiger partial charge in [-0.15, -0.1) is 13.2 Å². The van der Waals surface area contributed by atoms with Gasteiger partial charge in [0.2, 0.25) is 15.9 Å². The molecule has 0 spiro atoms. The summed E-state index contributed by atoms with van der Waals surface area (Å²) in [5, 5.41) is 2.56. The molecular formula is C13H17F3N2O4S. The number of benzene rings is 1. The van der Waals surface area contributed by atoms with E-state index in [1.807, 2.05) is 0 Å². The first kappa shape index (κ1) is 19.2. The first-order chi connectivity index (χ1) is 10.4. The highest BCUT2D eigenvalue weighted by atomic mass is 32.2. The molecule has 0 aliphatic heterocycles. The Morgan fingerprint density at radius 2 is 1.83 bits per heavy atom. The second-order valence-corrected chi connectivity index (χ2v) is 7.01.